The van der Waals surface area contributed by atoms with E-state index in [0.717, 1.165) is 48.3 Å². The number of pyridine rings is 1. The average Bonchev–Trinajstić information content (AvgIpc) is 3.41. The minimum absolute atomic E-state index is 0.0325. The number of hydrogen-bond donors (Lipinski definition) is 2. The molecule has 47 heavy (non-hydrogen) atoms. The highest BCUT2D eigenvalue weighted by molar-refractivity contribution is 6.07. The van der Waals surface area contributed by atoms with Crippen molar-refractivity contribution in [3.05, 3.63) is 83.3 Å². The van der Waals surface area contributed by atoms with E-state index in [1.54, 1.807) is 36.5 Å². The second-order valence-electron chi connectivity index (χ2n) is 11.7. The number of rotatable bonds is 10. The number of amidine groups is 1. The highest BCUT2D eigenvalue weighted by Crippen LogP contribution is 2.26. The normalized spacial score (nSPS) is 14.4. The Morgan fingerprint density at radius 3 is 2.60 bits per heavy atom. The first kappa shape index (κ1) is 33.1. The summed E-state index contributed by atoms with van der Waals surface area (Å²) in [6.45, 7) is 4.03. The number of aliphatic imine (C=N–C) groups is 1. The smallest absolute Gasteiger partial charge is 0.435 e. The van der Waals surface area contributed by atoms with Gasteiger partial charge in [0.2, 0.25) is 0 Å². The van der Waals surface area contributed by atoms with Gasteiger partial charge in [0.1, 0.15) is 23.6 Å². The van der Waals surface area contributed by atoms with Gasteiger partial charge in [-0.25, -0.2) is 14.8 Å². The molecule has 12 heteroatoms. The molecular formula is C35H41N7O5. The number of amides is 2. The van der Waals surface area contributed by atoms with Crippen molar-refractivity contribution in [1.82, 2.24) is 14.5 Å². The molecule has 2 heterocycles. The SMILES string of the molecule is COC(=O)CCN(C(=O)c1ccc2c(c1)nc(C(C)Nc1ccc(/C(N)=N\C(=O)OC3CCCCC3)c(C)c1)n2C)c1ccccn1. The molecular weight excluding hydrogens is 598 g/mol. The molecule has 1 fully saturated rings. The molecule has 1 aliphatic rings. The Labute approximate surface area is 274 Å². The van der Waals surface area contributed by atoms with Gasteiger partial charge in [-0.2, -0.15) is 4.99 Å². The topological polar surface area (TPSA) is 154 Å². The van der Waals surface area contributed by atoms with Gasteiger partial charge in [-0.1, -0.05) is 12.5 Å². The maximum absolute atomic E-state index is 13.7. The number of nitrogens with zero attached hydrogens (tertiary/aromatic N) is 5. The maximum atomic E-state index is 13.7. The van der Waals surface area contributed by atoms with E-state index in [9.17, 15) is 14.4 Å². The third-order valence-electron chi connectivity index (χ3n) is 8.40. The van der Waals surface area contributed by atoms with Crippen LogP contribution in [0.25, 0.3) is 11.0 Å². The van der Waals surface area contributed by atoms with E-state index in [-0.39, 0.29) is 36.9 Å². The van der Waals surface area contributed by atoms with E-state index < -0.39 is 12.1 Å². The van der Waals surface area contributed by atoms with Crippen LogP contribution in [0.5, 0.6) is 0 Å². The quantitative estimate of drug-likeness (QED) is 0.124. The van der Waals surface area contributed by atoms with Crippen molar-refractivity contribution in [2.75, 3.05) is 23.9 Å². The lowest BCUT2D eigenvalue weighted by molar-refractivity contribution is -0.140. The van der Waals surface area contributed by atoms with Gasteiger partial charge in [-0.3, -0.25) is 14.5 Å². The van der Waals surface area contributed by atoms with E-state index in [4.69, 9.17) is 20.2 Å². The number of carbonyl (C=O) groups excluding carboxylic acids is 3. The summed E-state index contributed by atoms with van der Waals surface area (Å²) in [6.07, 6.45) is 5.92. The molecule has 1 unspecified atom stereocenters. The zero-order valence-electron chi connectivity index (χ0n) is 27.2. The number of ether oxygens (including phenoxy) is 2. The lowest BCUT2D eigenvalue weighted by Crippen LogP contribution is -2.33. The van der Waals surface area contributed by atoms with Crippen molar-refractivity contribution < 1.29 is 23.9 Å². The molecule has 2 amide bonds. The minimum atomic E-state index is -0.651. The van der Waals surface area contributed by atoms with Crippen molar-refractivity contribution in [2.24, 2.45) is 17.8 Å². The van der Waals surface area contributed by atoms with Gasteiger partial charge >= 0.3 is 12.1 Å². The Morgan fingerprint density at radius 1 is 1.11 bits per heavy atom. The molecule has 0 saturated heterocycles. The van der Waals surface area contributed by atoms with E-state index in [1.807, 2.05) is 49.7 Å². The van der Waals surface area contributed by atoms with Gasteiger partial charge in [-0.05, 0) is 93.6 Å². The fourth-order valence-corrected chi connectivity index (χ4v) is 5.90. The highest BCUT2D eigenvalue weighted by atomic mass is 16.6. The number of carbonyl (C=O) groups is 3. The Morgan fingerprint density at radius 2 is 1.89 bits per heavy atom. The number of nitrogens with two attached hydrogens (primary N) is 1. The van der Waals surface area contributed by atoms with Crippen LogP contribution in [0.1, 0.15) is 78.8 Å². The van der Waals surface area contributed by atoms with Crippen LogP contribution in [-0.4, -0.2) is 58.1 Å². The van der Waals surface area contributed by atoms with Gasteiger partial charge in [0, 0.05) is 36.6 Å². The van der Waals surface area contributed by atoms with E-state index in [2.05, 4.69) is 15.3 Å². The van der Waals surface area contributed by atoms with Crippen LogP contribution in [0.3, 0.4) is 0 Å². The van der Waals surface area contributed by atoms with Gasteiger partial charge in [0.05, 0.1) is 30.6 Å². The molecule has 246 valence electrons. The van der Waals surface area contributed by atoms with Crippen LogP contribution in [-0.2, 0) is 21.3 Å². The number of nitrogens with one attached hydrogen (secondary N) is 1. The fourth-order valence-electron chi connectivity index (χ4n) is 5.90. The molecule has 0 bridgehead atoms. The monoisotopic (exact) mass is 639 g/mol. The van der Waals surface area contributed by atoms with Gasteiger partial charge in [0.25, 0.3) is 5.91 Å². The fraction of sp³-hybridized carbons (Fsp3) is 0.371. The first-order valence-electron chi connectivity index (χ1n) is 15.8. The van der Waals surface area contributed by atoms with Gasteiger partial charge in [-0.15, -0.1) is 0 Å². The summed E-state index contributed by atoms with van der Waals surface area (Å²) in [7, 11) is 3.25. The summed E-state index contributed by atoms with van der Waals surface area (Å²) in [5.41, 5.74) is 10.5. The van der Waals surface area contributed by atoms with Crippen molar-refractivity contribution in [2.45, 2.75) is 64.5 Å². The lowest BCUT2D eigenvalue weighted by Gasteiger charge is -2.21. The first-order chi connectivity index (χ1) is 22.6. The number of aryl methyl sites for hydroxylation is 2. The summed E-state index contributed by atoms with van der Waals surface area (Å²) in [4.78, 5) is 52.5. The lowest BCUT2D eigenvalue weighted by atomic mass is 9.98. The number of hydrogen-bond acceptors (Lipinski definition) is 8. The van der Waals surface area contributed by atoms with Gasteiger partial charge in [0.15, 0.2) is 0 Å². The number of methoxy groups -OCH3 is 1. The van der Waals surface area contributed by atoms with E-state index in [1.165, 1.54) is 18.4 Å². The third-order valence-corrected chi connectivity index (χ3v) is 8.40. The van der Waals surface area contributed by atoms with Gasteiger partial charge < -0.3 is 25.1 Å². The molecule has 12 nitrogen and oxygen atoms in total. The standard InChI is InChI=1S/C35H41N7O5/c1-22-20-25(14-15-27(22)32(36)40-35(45)47-26-10-6-5-7-11-26)38-23(2)33-39-28-21-24(13-16-29(28)41(33)3)34(44)42(19-17-31(43)46-4)30-12-8-9-18-37-30/h8-9,12-16,18,20-21,23,26,38H,5-7,10-11,17,19H2,1-4H3,(H2,36,40,45). The van der Waals surface area contributed by atoms with Crippen LogP contribution in [0.15, 0.2) is 65.8 Å². The number of fused-ring (bicyclic) bond motifs is 1. The van der Waals surface area contributed by atoms with Crippen LogP contribution in [0.2, 0.25) is 0 Å². The Hall–Kier alpha value is -5.26. The maximum Gasteiger partial charge on any atom is 0.435 e. The molecule has 1 aliphatic carbocycles. The van der Waals surface area contributed by atoms with Crippen molar-refractivity contribution in [3.63, 3.8) is 0 Å². The second kappa shape index (κ2) is 14.9. The molecule has 2 aromatic carbocycles. The molecule has 3 N–H and O–H groups in total. The predicted octanol–water partition coefficient (Wildman–Crippen LogP) is 5.83. The minimum Gasteiger partial charge on any atom is -0.469 e. The Bertz CT molecular complexity index is 1780. The number of aromatic nitrogens is 3. The van der Waals surface area contributed by atoms with Crippen LogP contribution in [0, 0.1) is 6.92 Å². The first-order valence-corrected chi connectivity index (χ1v) is 15.8. The van der Waals surface area contributed by atoms with E-state index in [0.29, 0.717) is 22.5 Å². The molecule has 5 rings (SSSR count). The molecule has 0 aliphatic heterocycles. The summed E-state index contributed by atoms with van der Waals surface area (Å²) in [5, 5.41) is 3.49. The van der Waals surface area contributed by atoms with Crippen molar-refractivity contribution >= 4 is 46.3 Å². The number of esters is 1. The largest absolute Gasteiger partial charge is 0.469 e. The van der Waals surface area contributed by atoms with Crippen LogP contribution >= 0.6 is 0 Å². The predicted molar refractivity (Wildman–Crippen MR) is 181 cm³/mol. The molecule has 1 saturated carbocycles. The number of anilines is 2. The van der Waals surface area contributed by atoms with Crippen LogP contribution < -0.4 is 16.0 Å². The Kier molecular flexibility index (Phi) is 10.5. The van der Waals surface area contributed by atoms with E-state index >= 15 is 0 Å². The molecule has 4 aromatic rings. The highest BCUT2D eigenvalue weighted by Gasteiger charge is 2.23. The summed E-state index contributed by atoms with van der Waals surface area (Å²) < 4.78 is 12.3. The molecule has 2 aromatic heterocycles. The molecule has 0 radical (unpaired) electrons. The zero-order valence-corrected chi connectivity index (χ0v) is 27.2. The average molecular weight is 640 g/mol. The van der Waals surface area contributed by atoms with Crippen molar-refractivity contribution in [3.8, 4) is 0 Å². The number of benzene rings is 2. The molecule has 0 spiro atoms. The van der Waals surface area contributed by atoms with Crippen LogP contribution in [0.4, 0.5) is 16.3 Å². The summed E-state index contributed by atoms with van der Waals surface area (Å²) >= 11 is 0. The zero-order chi connectivity index (χ0) is 33.5. The summed E-state index contributed by atoms with van der Waals surface area (Å²) in [5.74, 6) is 0.616. The third kappa shape index (κ3) is 7.94. The molecule has 1 atom stereocenters. The van der Waals surface area contributed by atoms with Crippen molar-refractivity contribution in [1.29, 1.82) is 0 Å². The summed E-state index contributed by atoms with van der Waals surface area (Å²) in [6, 6.07) is 16.1. The Balaban J connectivity index is 1.30. The second-order valence-corrected chi connectivity index (χ2v) is 11.7. The number of imidazole rings is 1.